The fraction of sp³-hybridized carbons (Fsp3) is 0.455. The van der Waals surface area contributed by atoms with Gasteiger partial charge in [0.05, 0.1) is 12.3 Å². The lowest BCUT2D eigenvalue weighted by Gasteiger charge is -2.07. The van der Waals surface area contributed by atoms with Crippen LogP contribution < -0.4 is 16.8 Å². The van der Waals surface area contributed by atoms with E-state index >= 15 is 0 Å². The van der Waals surface area contributed by atoms with Crippen molar-refractivity contribution in [3.05, 3.63) is 18.0 Å². The molecule has 0 bridgehead atoms. The van der Waals surface area contributed by atoms with E-state index in [4.69, 9.17) is 16.2 Å². The minimum Gasteiger partial charge on any atom is -0.397 e. The van der Waals surface area contributed by atoms with Gasteiger partial charge in [-0.2, -0.15) is 0 Å². The Morgan fingerprint density at radius 1 is 1.50 bits per heavy atom. The predicted octanol–water partition coefficient (Wildman–Crippen LogP) is -0.678. The molecule has 2 amide bonds. The summed E-state index contributed by atoms with van der Waals surface area (Å²) in [5.74, 6) is -0.759. The van der Waals surface area contributed by atoms with E-state index in [2.05, 4.69) is 5.32 Å². The number of primary amides is 1. The second kappa shape index (κ2) is 6.65. The van der Waals surface area contributed by atoms with E-state index in [0.717, 1.165) is 0 Å². The molecule has 0 saturated heterocycles. The molecule has 0 aromatic carbocycles. The standard InChI is InChI=1S/C11H18N4O3/c1-2-15-6-8(12)5-9(15)11(17)14-3-4-18-7-10(13)16/h5-6H,2-4,7,12H2,1H3,(H2,13,16)(H,14,17). The minimum atomic E-state index is -0.533. The molecule has 0 saturated carbocycles. The lowest BCUT2D eigenvalue weighted by atomic mass is 10.4. The molecule has 5 N–H and O–H groups in total. The van der Waals surface area contributed by atoms with Crippen LogP contribution in [0.1, 0.15) is 17.4 Å². The Morgan fingerprint density at radius 2 is 2.22 bits per heavy atom. The molecule has 100 valence electrons. The number of hydrogen-bond donors (Lipinski definition) is 3. The molecule has 0 fully saturated rings. The number of ether oxygens (including phenoxy) is 1. The van der Waals surface area contributed by atoms with Crippen LogP contribution in [0.3, 0.4) is 0 Å². The molecule has 1 aromatic rings. The summed E-state index contributed by atoms with van der Waals surface area (Å²) in [5, 5.41) is 2.67. The van der Waals surface area contributed by atoms with Crippen LogP contribution in [-0.4, -0.2) is 36.1 Å². The van der Waals surface area contributed by atoms with Crippen LogP contribution >= 0.6 is 0 Å². The van der Waals surface area contributed by atoms with Crippen molar-refractivity contribution in [3.63, 3.8) is 0 Å². The number of nitrogens with zero attached hydrogens (tertiary/aromatic N) is 1. The Balaban J connectivity index is 2.38. The maximum absolute atomic E-state index is 11.8. The average Bonchev–Trinajstić information content (AvgIpc) is 2.69. The Labute approximate surface area is 105 Å². The van der Waals surface area contributed by atoms with E-state index in [0.29, 0.717) is 24.5 Å². The zero-order chi connectivity index (χ0) is 13.5. The highest BCUT2D eigenvalue weighted by molar-refractivity contribution is 5.93. The first-order chi connectivity index (χ1) is 8.54. The van der Waals surface area contributed by atoms with E-state index < -0.39 is 5.91 Å². The van der Waals surface area contributed by atoms with Crippen molar-refractivity contribution in [1.82, 2.24) is 9.88 Å². The average molecular weight is 254 g/mol. The van der Waals surface area contributed by atoms with Gasteiger partial charge in [0.2, 0.25) is 5.91 Å². The third-order valence-corrected chi connectivity index (χ3v) is 2.27. The van der Waals surface area contributed by atoms with Crippen molar-refractivity contribution in [2.24, 2.45) is 5.73 Å². The van der Waals surface area contributed by atoms with Gasteiger partial charge in [-0.1, -0.05) is 0 Å². The fourth-order valence-corrected chi connectivity index (χ4v) is 1.49. The molecule has 1 aromatic heterocycles. The number of aryl methyl sites for hydroxylation is 1. The highest BCUT2D eigenvalue weighted by atomic mass is 16.5. The van der Waals surface area contributed by atoms with Gasteiger partial charge in [0, 0.05) is 19.3 Å². The number of rotatable bonds is 7. The van der Waals surface area contributed by atoms with Crippen molar-refractivity contribution in [3.8, 4) is 0 Å². The van der Waals surface area contributed by atoms with Crippen molar-refractivity contribution in [2.45, 2.75) is 13.5 Å². The zero-order valence-corrected chi connectivity index (χ0v) is 10.3. The Kier molecular flexibility index (Phi) is 5.19. The van der Waals surface area contributed by atoms with E-state index in [1.54, 1.807) is 16.8 Å². The molecule has 1 heterocycles. The molecule has 1 rings (SSSR count). The molecule has 0 unspecified atom stereocenters. The first kappa shape index (κ1) is 14.0. The number of carbonyl (C=O) groups is 2. The van der Waals surface area contributed by atoms with E-state index in [1.807, 2.05) is 6.92 Å². The van der Waals surface area contributed by atoms with Gasteiger partial charge in [-0.05, 0) is 13.0 Å². The summed E-state index contributed by atoms with van der Waals surface area (Å²) < 4.78 is 6.68. The predicted molar refractivity (Wildman–Crippen MR) is 66.9 cm³/mol. The smallest absolute Gasteiger partial charge is 0.268 e. The molecular weight excluding hydrogens is 236 g/mol. The van der Waals surface area contributed by atoms with E-state index in [9.17, 15) is 9.59 Å². The zero-order valence-electron chi connectivity index (χ0n) is 10.3. The lowest BCUT2D eigenvalue weighted by Crippen LogP contribution is -2.30. The van der Waals surface area contributed by atoms with Crippen molar-refractivity contribution < 1.29 is 14.3 Å². The molecule has 7 nitrogen and oxygen atoms in total. The Bertz CT molecular complexity index is 428. The van der Waals surface area contributed by atoms with E-state index in [-0.39, 0.29) is 19.1 Å². The summed E-state index contributed by atoms with van der Waals surface area (Å²) in [6, 6.07) is 1.61. The van der Waals surface area contributed by atoms with Gasteiger partial charge in [-0.25, -0.2) is 0 Å². The van der Waals surface area contributed by atoms with E-state index in [1.165, 1.54) is 0 Å². The first-order valence-corrected chi connectivity index (χ1v) is 5.64. The number of nitrogen functional groups attached to an aromatic ring is 1. The second-order valence-electron chi connectivity index (χ2n) is 3.72. The summed E-state index contributed by atoms with van der Waals surface area (Å²) in [7, 11) is 0. The van der Waals surface area contributed by atoms with Crippen LogP contribution in [-0.2, 0) is 16.1 Å². The molecule has 0 aliphatic heterocycles. The lowest BCUT2D eigenvalue weighted by molar-refractivity contribution is -0.122. The number of nitrogens with one attached hydrogen (secondary N) is 1. The van der Waals surface area contributed by atoms with Crippen molar-refractivity contribution in [2.75, 3.05) is 25.5 Å². The number of nitrogens with two attached hydrogens (primary N) is 2. The quantitative estimate of drug-likeness (QED) is 0.560. The molecule has 0 aliphatic rings. The summed E-state index contributed by atoms with van der Waals surface area (Å²) >= 11 is 0. The summed E-state index contributed by atoms with van der Waals surface area (Å²) in [6.45, 7) is 2.98. The molecule has 0 spiro atoms. The molecule has 0 atom stereocenters. The number of amides is 2. The highest BCUT2D eigenvalue weighted by Gasteiger charge is 2.11. The molecular formula is C11H18N4O3. The van der Waals surface area contributed by atoms with Crippen LogP contribution in [0.2, 0.25) is 0 Å². The van der Waals surface area contributed by atoms with Gasteiger partial charge in [0.15, 0.2) is 0 Å². The first-order valence-electron chi connectivity index (χ1n) is 5.64. The van der Waals surface area contributed by atoms with Crippen LogP contribution in [0.5, 0.6) is 0 Å². The van der Waals surface area contributed by atoms with Gasteiger partial charge >= 0.3 is 0 Å². The van der Waals surface area contributed by atoms with Crippen molar-refractivity contribution in [1.29, 1.82) is 0 Å². The number of carbonyl (C=O) groups excluding carboxylic acids is 2. The molecule has 7 heteroatoms. The van der Waals surface area contributed by atoms with Crippen LogP contribution in [0.4, 0.5) is 5.69 Å². The topological polar surface area (TPSA) is 112 Å². The summed E-state index contributed by atoms with van der Waals surface area (Å²) in [5.41, 5.74) is 11.6. The monoisotopic (exact) mass is 254 g/mol. The highest BCUT2D eigenvalue weighted by Crippen LogP contribution is 2.10. The summed E-state index contributed by atoms with van der Waals surface area (Å²) in [6.07, 6.45) is 1.71. The van der Waals surface area contributed by atoms with Crippen LogP contribution in [0, 0.1) is 0 Å². The molecule has 0 aliphatic carbocycles. The SMILES string of the molecule is CCn1cc(N)cc1C(=O)NCCOCC(N)=O. The number of aromatic nitrogens is 1. The fourth-order valence-electron chi connectivity index (χ4n) is 1.49. The van der Waals surface area contributed by atoms with Gasteiger partial charge in [0.25, 0.3) is 5.91 Å². The summed E-state index contributed by atoms with van der Waals surface area (Å²) in [4.78, 5) is 22.2. The third kappa shape index (κ3) is 4.10. The van der Waals surface area contributed by atoms with Gasteiger partial charge in [0.1, 0.15) is 12.3 Å². The van der Waals surface area contributed by atoms with Gasteiger partial charge < -0.3 is 26.1 Å². The normalized spacial score (nSPS) is 10.3. The van der Waals surface area contributed by atoms with Crippen LogP contribution in [0.15, 0.2) is 12.3 Å². The maximum atomic E-state index is 11.8. The molecule has 18 heavy (non-hydrogen) atoms. The maximum Gasteiger partial charge on any atom is 0.268 e. The molecule has 0 radical (unpaired) electrons. The van der Waals surface area contributed by atoms with Crippen LogP contribution in [0.25, 0.3) is 0 Å². The van der Waals surface area contributed by atoms with Gasteiger partial charge in [-0.15, -0.1) is 0 Å². The van der Waals surface area contributed by atoms with Gasteiger partial charge in [-0.3, -0.25) is 9.59 Å². The third-order valence-electron chi connectivity index (χ3n) is 2.27. The number of anilines is 1. The largest absolute Gasteiger partial charge is 0.397 e. The Hall–Kier alpha value is -2.02. The Morgan fingerprint density at radius 3 is 2.83 bits per heavy atom. The second-order valence-corrected chi connectivity index (χ2v) is 3.72. The number of hydrogen-bond acceptors (Lipinski definition) is 4. The minimum absolute atomic E-state index is 0.145. The van der Waals surface area contributed by atoms with Crippen molar-refractivity contribution >= 4 is 17.5 Å².